The average molecular weight is 547 g/mol. The van der Waals surface area contributed by atoms with Crippen molar-refractivity contribution in [2.75, 3.05) is 12.4 Å². The summed E-state index contributed by atoms with van der Waals surface area (Å²) in [6.45, 7) is -0.545. The Morgan fingerprint density at radius 1 is 1.08 bits per heavy atom. The van der Waals surface area contributed by atoms with E-state index in [1.165, 1.54) is 23.9 Å². The van der Waals surface area contributed by atoms with Gasteiger partial charge in [0.2, 0.25) is 5.91 Å². The Morgan fingerprint density at radius 2 is 1.68 bits per heavy atom. The fraction of sp³-hybridized carbons (Fsp3) is 0.364. The van der Waals surface area contributed by atoms with Crippen molar-refractivity contribution < 1.29 is 103 Å². The number of nitrogens with one attached hydrogen (secondary N) is 1. The predicted molar refractivity (Wildman–Crippen MR) is 114 cm³/mol. The second kappa shape index (κ2) is 12.9. The summed E-state index contributed by atoms with van der Waals surface area (Å²) in [6, 6.07) is 3.38. The van der Waals surface area contributed by atoms with Gasteiger partial charge in [-0.05, 0) is 30.5 Å². The minimum absolute atomic E-state index is 0. The molecule has 0 spiro atoms. The molecule has 1 saturated heterocycles. The van der Waals surface area contributed by atoms with Gasteiger partial charge in [-0.3, -0.25) is 29.0 Å². The van der Waals surface area contributed by atoms with Gasteiger partial charge in [0.1, 0.15) is 11.4 Å². The van der Waals surface area contributed by atoms with Crippen LogP contribution in [0.15, 0.2) is 35.5 Å². The molecule has 1 aromatic rings. The van der Waals surface area contributed by atoms with Gasteiger partial charge < -0.3 is 30.2 Å². The molecule has 15 heteroatoms. The van der Waals surface area contributed by atoms with Gasteiger partial charge in [0.25, 0.3) is 17.7 Å². The Labute approximate surface area is 259 Å². The minimum atomic E-state index is -1.63. The predicted octanol–water partition coefficient (Wildman–Crippen LogP) is -9.02. The van der Waals surface area contributed by atoms with Gasteiger partial charge in [0.05, 0.1) is 41.4 Å². The van der Waals surface area contributed by atoms with Crippen molar-refractivity contribution in [3.05, 3.63) is 46.7 Å². The molecule has 12 nitrogen and oxygen atoms in total. The van der Waals surface area contributed by atoms with E-state index in [2.05, 4.69) is 5.32 Å². The van der Waals surface area contributed by atoms with Crippen LogP contribution in [0.5, 0.6) is 0 Å². The molecule has 4 amide bonds. The molecular formula is C22H19N3Na2O9S. The maximum absolute atomic E-state index is 12.6. The van der Waals surface area contributed by atoms with Crippen LogP contribution in [0, 0.1) is 0 Å². The molecule has 37 heavy (non-hydrogen) atoms. The van der Waals surface area contributed by atoms with Gasteiger partial charge in [-0.2, -0.15) is 0 Å². The zero-order valence-corrected chi connectivity index (χ0v) is 24.9. The fourth-order valence-electron chi connectivity index (χ4n) is 4.34. The SMILES string of the molecule is O=C(CCCC(C(=O)[O-])N1C(=O)c2ccccc2C1=O)N[C@@H]1C(=O)N2C(C(=O)[O-])=C(CO)CS[C@@H]12.[Na+].[Na+]. The van der Waals surface area contributed by atoms with E-state index in [0.717, 1.165) is 4.90 Å². The molecule has 0 radical (unpaired) electrons. The number of rotatable bonds is 9. The van der Waals surface area contributed by atoms with Crippen molar-refractivity contribution in [1.29, 1.82) is 0 Å². The molecular weight excluding hydrogens is 528 g/mol. The van der Waals surface area contributed by atoms with Gasteiger partial charge in [0, 0.05) is 12.2 Å². The van der Waals surface area contributed by atoms with E-state index >= 15 is 0 Å². The van der Waals surface area contributed by atoms with E-state index in [9.17, 15) is 44.1 Å². The molecule has 3 aliphatic rings. The molecule has 0 aromatic heterocycles. The van der Waals surface area contributed by atoms with Crippen LogP contribution < -0.4 is 74.6 Å². The number of aliphatic hydroxyl groups is 1. The average Bonchev–Trinajstić information content (AvgIpc) is 3.08. The number of amides is 4. The second-order valence-corrected chi connectivity index (χ2v) is 9.21. The number of aliphatic carboxylic acids is 2. The molecule has 0 aliphatic carbocycles. The van der Waals surface area contributed by atoms with E-state index in [4.69, 9.17) is 0 Å². The number of imide groups is 1. The molecule has 1 fully saturated rings. The number of hydrogen-bond donors (Lipinski definition) is 2. The second-order valence-electron chi connectivity index (χ2n) is 8.11. The Kier molecular flexibility index (Phi) is 11.0. The third-order valence-corrected chi connectivity index (χ3v) is 7.38. The number of β-lactam (4-membered cyclic amide) rings is 1. The van der Waals surface area contributed by atoms with Crippen molar-refractivity contribution in [2.45, 2.75) is 36.7 Å². The van der Waals surface area contributed by atoms with E-state index in [0.29, 0.717) is 4.90 Å². The Hall–Kier alpha value is -1.71. The molecule has 3 atom stereocenters. The molecule has 3 heterocycles. The van der Waals surface area contributed by atoms with E-state index in [-0.39, 0.29) is 101 Å². The number of thioether (sulfide) groups is 1. The number of carbonyl (C=O) groups is 6. The van der Waals surface area contributed by atoms with Gasteiger partial charge in [-0.15, -0.1) is 11.8 Å². The number of carboxylic acids is 2. The molecule has 3 aliphatic heterocycles. The largest absolute Gasteiger partial charge is 1.00 e. The van der Waals surface area contributed by atoms with Crippen LogP contribution in [0.1, 0.15) is 40.0 Å². The van der Waals surface area contributed by atoms with Gasteiger partial charge in [-0.25, -0.2) is 0 Å². The smallest absolute Gasteiger partial charge is 0.548 e. The summed E-state index contributed by atoms with van der Waals surface area (Å²) in [4.78, 5) is 74.6. The first-order valence-corrected chi connectivity index (χ1v) is 11.7. The van der Waals surface area contributed by atoms with Crippen LogP contribution in [0.3, 0.4) is 0 Å². The number of carboxylic acid groups (broad SMARTS) is 2. The van der Waals surface area contributed by atoms with E-state index in [1.807, 2.05) is 0 Å². The van der Waals surface area contributed by atoms with Crippen molar-refractivity contribution in [1.82, 2.24) is 15.1 Å². The fourth-order valence-corrected chi connectivity index (χ4v) is 5.67. The summed E-state index contributed by atoms with van der Waals surface area (Å²) in [5.74, 6) is -5.85. The van der Waals surface area contributed by atoms with Gasteiger partial charge in [-0.1, -0.05) is 12.1 Å². The first-order chi connectivity index (χ1) is 16.7. The van der Waals surface area contributed by atoms with Crippen molar-refractivity contribution in [2.24, 2.45) is 0 Å². The number of fused-ring (bicyclic) bond motifs is 2. The van der Waals surface area contributed by atoms with Crippen LogP contribution >= 0.6 is 11.8 Å². The summed E-state index contributed by atoms with van der Waals surface area (Å²) in [7, 11) is 0. The molecule has 2 N–H and O–H groups in total. The molecule has 1 unspecified atom stereocenters. The van der Waals surface area contributed by atoms with Gasteiger partial charge in [0.15, 0.2) is 0 Å². The summed E-state index contributed by atoms with van der Waals surface area (Å²) >= 11 is 1.18. The zero-order valence-electron chi connectivity index (χ0n) is 20.1. The van der Waals surface area contributed by atoms with Crippen molar-refractivity contribution in [3.63, 3.8) is 0 Å². The standard InChI is InChI=1S/C22H21N3O9S.2Na/c26-8-10-9-35-20-15(19(30)25(20)16(10)22(33)34)23-14(27)7-3-6-13(21(31)32)24-17(28)11-4-1-2-5-12(11)18(24)29;;/h1-2,4-5,13,15,20,26H,3,6-9H2,(H,23,27)(H,31,32)(H,33,34);;/q;2*+1/p-2/t13?,15-,20+;;/m1../s1. The van der Waals surface area contributed by atoms with E-state index in [1.54, 1.807) is 12.1 Å². The molecule has 4 rings (SSSR count). The third-order valence-electron chi connectivity index (χ3n) is 6.04. The topological polar surface area (TPSA) is 187 Å². The van der Waals surface area contributed by atoms with Crippen LogP contribution in [-0.4, -0.2) is 80.3 Å². The summed E-state index contributed by atoms with van der Waals surface area (Å²) in [6.07, 6.45) is -0.472. The number of aliphatic hydroxyl groups excluding tert-OH is 1. The summed E-state index contributed by atoms with van der Waals surface area (Å²) in [5.41, 5.74) is -0.0712. The first kappa shape index (κ1) is 31.5. The quantitative estimate of drug-likeness (QED) is 0.171. The normalized spacial score (nSPS) is 20.7. The molecule has 184 valence electrons. The minimum Gasteiger partial charge on any atom is -0.548 e. The number of nitrogens with zero attached hydrogens (tertiary/aromatic N) is 2. The van der Waals surface area contributed by atoms with Crippen LogP contribution in [0.25, 0.3) is 0 Å². The summed E-state index contributed by atoms with van der Waals surface area (Å²) < 4.78 is 0. The Bertz CT molecular complexity index is 1160. The van der Waals surface area contributed by atoms with Crippen LogP contribution in [0.4, 0.5) is 0 Å². The number of carbonyl (C=O) groups excluding carboxylic acids is 6. The Balaban J connectivity index is 0.00000241. The number of hydrogen-bond acceptors (Lipinski definition) is 10. The summed E-state index contributed by atoms with van der Waals surface area (Å²) in [5, 5.41) is 34.2. The molecule has 0 bridgehead atoms. The van der Waals surface area contributed by atoms with Gasteiger partial charge >= 0.3 is 59.1 Å². The van der Waals surface area contributed by atoms with Crippen molar-refractivity contribution in [3.8, 4) is 0 Å². The van der Waals surface area contributed by atoms with Crippen LogP contribution in [-0.2, 0) is 19.2 Å². The van der Waals surface area contributed by atoms with E-state index < -0.39 is 65.3 Å². The Morgan fingerprint density at radius 3 is 2.19 bits per heavy atom. The first-order valence-electron chi connectivity index (χ1n) is 10.6. The molecule has 0 saturated carbocycles. The maximum atomic E-state index is 12.6. The third kappa shape index (κ3) is 5.83. The maximum Gasteiger partial charge on any atom is 1.00 e. The number of benzene rings is 1. The van der Waals surface area contributed by atoms with Crippen LogP contribution in [0.2, 0.25) is 0 Å². The van der Waals surface area contributed by atoms with Crippen molar-refractivity contribution >= 4 is 47.3 Å². The monoisotopic (exact) mass is 547 g/mol. The molecule has 1 aromatic carbocycles. The zero-order chi connectivity index (χ0) is 25.4.